The lowest BCUT2D eigenvalue weighted by Crippen LogP contribution is -2.16. The molecule has 0 aliphatic rings. The summed E-state index contributed by atoms with van der Waals surface area (Å²) in [5.74, 6) is -0.354. The molecule has 2 rings (SSSR count). The molecular weight excluding hydrogens is 252 g/mol. The van der Waals surface area contributed by atoms with E-state index in [-0.39, 0.29) is 11.8 Å². The monoisotopic (exact) mass is 268 g/mol. The molecular formula is C11H16N4O2S. The maximum Gasteiger partial charge on any atom is 0.306 e. The topological polar surface area (TPSA) is 80.4 Å². The minimum Gasteiger partial charge on any atom is -0.481 e. The second-order valence-electron chi connectivity index (χ2n) is 4.76. The lowest BCUT2D eigenvalue weighted by atomic mass is 9.97. The molecule has 2 unspecified atom stereocenters. The van der Waals surface area contributed by atoms with Crippen molar-refractivity contribution in [1.29, 1.82) is 0 Å². The van der Waals surface area contributed by atoms with Gasteiger partial charge in [-0.3, -0.25) is 4.79 Å². The van der Waals surface area contributed by atoms with E-state index in [0.29, 0.717) is 0 Å². The molecule has 1 N–H and O–H groups in total. The summed E-state index contributed by atoms with van der Waals surface area (Å²) >= 11 is 1.40. The Bertz CT molecular complexity index is 575. The number of aromatic nitrogens is 4. The molecule has 98 valence electrons. The Hall–Kier alpha value is -1.50. The van der Waals surface area contributed by atoms with Gasteiger partial charge >= 0.3 is 5.97 Å². The van der Waals surface area contributed by atoms with Crippen molar-refractivity contribution >= 4 is 22.3 Å². The standard InChI is InChI=1S/C11H16N4O2S/c1-5(2)8-12-13-11-15(8)14-9(18-11)6(3)7(4)10(16)17/h5-7H,1-4H3,(H,16,17). The van der Waals surface area contributed by atoms with Crippen LogP contribution in [0.5, 0.6) is 0 Å². The van der Waals surface area contributed by atoms with Crippen molar-refractivity contribution < 1.29 is 9.90 Å². The summed E-state index contributed by atoms with van der Waals surface area (Å²) in [7, 11) is 0. The molecule has 0 amide bonds. The molecule has 0 saturated heterocycles. The smallest absolute Gasteiger partial charge is 0.306 e. The Labute approximate surface area is 109 Å². The van der Waals surface area contributed by atoms with Gasteiger partial charge < -0.3 is 5.11 Å². The number of carboxylic acids is 1. The molecule has 2 heterocycles. The summed E-state index contributed by atoms with van der Waals surface area (Å²) < 4.78 is 1.72. The molecule has 0 radical (unpaired) electrons. The average Bonchev–Trinajstić information content (AvgIpc) is 2.85. The van der Waals surface area contributed by atoms with Crippen molar-refractivity contribution in [1.82, 2.24) is 19.8 Å². The lowest BCUT2D eigenvalue weighted by Gasteiger charge is -2.11. The van der Waals surface area contributed by atoms with Crippen LogP contribution in [0.4, 0.5) is 0 Å². The highest BCUT2D eigenvalue weighted by molar-refractivity contribution is 7.16. The van der Waals surface area contributed by atoms with Crippen molar-refractivity contribution in [2.75, 3.05) is 0 Å². The van der Waals surface area contributed by atoms with Crippen molar-refractivity contribution in [3.05, 3.63) is 10.8 Å². The number of nitrogens with zero attached hydrogens (tertiary/aromatic N) is 4. The van der Waals surface area contributed by atoms with E-state index in [2.05, 4.69) is 15.3 Å². The van der Waals surface area contributed by atoms with Crippen LogP contribution in [-0.4, -0.2) is 30.9 Å². The third-order valence-corrected chi connectivity index (χ3v) is 4.18. The first-order valence-electron chi connectivity index (χ1n) is 5.86. The maximum atomic E-state index is 11.0. The molecule has 0 aliphatic heterocycles. The van der Waals surface area contributed by atoms with Gasteiger partial charge in [0.05, 0.1) is 5.92 Å². The maximum absolute atomic E-state index is 11.0. The van der Waals surface area contributed by atoms with Gasteiger partial charge in [-0.15, -0.1) is 10.2 Å². The number of hydrogen-bond acceptors (Lipinski definition) is 5. The molecule has 2 atom stereocenters. The van der Waals surface area contributed by atoms with Gasteiger partial charge in [-0.05, 0) is 0 Å². The van der Waals surface area contributed by atoms with Crippen LogP contribution in [0.1, 0.15) is 50.4 Å². The van der Waals surface area contributed by atoms with Crippen LogP contribution in [0.25, 0.3) is 4.96 Å². The van der Waals surface area contributed by atoms with Gasteiger partial charge in [0.25, 0.3) is 0 Å². The number of rotatable bonds is 4. The van der Waals surface area contributed by atoms with Gasteiger partial charge in [-0.25, -0.2) is 0 Å². The largest absolute Gasteiger partial charge is 0.481 e. The summed E-state index contributed by atoms with van der Waals surface area (Å²) in [6.45, 7) is 7.62. The van der Waals surface area contributed by atoms with Crippen LogP contribution < -0.4 is 0 Å². The molecule has 18 heavy (non-hydrogen) atoms. The van der Waals surface area contributed by atoms with E-state index >= 15 is 0 Å². The van der Waals surface area contributed by atoms with Crippen LogP contribution in [-0.2, 0) is 4.79 Å². The summed E-state index contributed by atoms with van der Waals surface area (Å²) in [4.78, 5) is 11.7. The fraction of sp³-hybridized carbons (Fsp3) is 0.636. The zero-order chi connectivity index (χ0) is 13.4. The first-order valence-corrected chi connectivity index (χ1v) is 6.68. The molecule has 0 spiro atoms. The second kappa shape index (κ2) is 4.64. The van der Waals surface area contributed by atoms with Crippen molar-refractivity contribution in [3.63, 3.8) is 0 Å². The van der Waals surface area contributed by atoms with E-state index in [1.807, 2.05) is 20.8 Å². The quantitative estimate of drug-likeness (QED) is 0.918. The van der Waals surface area contributed by atoms with Crippen LogP contribution in [0.2, 0.25) is 0 Å². The normalized spacial score (nSPS) is 15.2. The van der Waals surface area contributed by atoms with Crippen LogP contribution in [0.3, 0.4) is 0 Å². The lowest BCUT2D eigenvalue weighted by molar-refractivity contribution is -0.141. The number of aliphatic carboxylic acids is 1. The molecule has 0 aliphatic carbocycles. The predicted octanol–water partition coefficient (Wildman–Crippen LogP) is 2.13. The number of carbonyl (C=O) groups is 1. The third kappa shape index (κ3) is 2.10. The van der Waals surface area contributed by atoms with E-state index in [4.69, 9.17) is 5.11 Å². The second-order valence-corrected chi connectivity index (χ2v) is 5.75. The van der Waals surface area contributed by atoms with Crippen LogP contribution in [0, 0.1) is 5.92 Å². The van der Waals surface area contributed by atoms with E-state index in [1.54, 1.807) is 11.4 Å². The Kier molecular flexibility index (Phi) is 3.34. The van der Waals surface area contributed by atoms with Gasteiger partial charge in [0, 0.05) is 11.8 Å². The molecule has 0 bridgehead atoms. The fourth-order valence-corrected chi connectivity index (χ4v) is 2.62. The molecule has 7 heteroatoms. The zero-order valence-electron chi connectivity index (χ0n) is 10.8. The SMILES string of the molecule is CC(C)c1nnc2sc(C(C)C(C)C(=O)O)nn12. The summed E-state index contributed by atoms with van der Waals surface area (Å²) in [6.07, 6.45) is 0. The van der Waals surface area contributed by atoms with E-state index in [0.717, 1.165) is 15.8 Å². The first-order chi connectivity index (χ1) is 8.41. The highest BCUT2D eigenvalue weighted by Crippen LogP contribution is 2.29. The number of carboxylic acid groups (broad SMARTS) is 1. The van der Waals surface area contributed by atoms with Crippen molar-refractivity contribution in [2.24, 2.45) is 5.92 Å². The van der Waals surface area contributed by atoms with Gasteiger partial charge in [0.15, 0.2) is 5.82 Å². The van der Waals surface area contributed by atoms with E-state index in [1.165, 1.54) is 11.3 Å². The number of hydrogen-bond donors (Lipinski definition) is 1. The van der Waals surface area contributed by atoms with Gasteiger partial charge in [0.1, 0.15) is 5.01 Å². The third-order valence-electron chi connectivity index (χ3n) is 3.08. The molecule has 0 fully saturated rings. The Morgan fingerprint density at radius 3 is 2.50 bits per heavy atom. The Balaban J connectivity index is 2.38. The van der Waals surface area contributed by atoms with Crippen LogP contribution in [0.15, 0.2) is 0 Å². The number of fused-ring (bicyclic) bond motifs is 1. The molecule has 2 aromatic heterocycles. The summed E-state index contributed by atoms with van der Waals surface area (Å²) in [5, 5.41) is 22.4. The van der Waals surface area contributed by atoms with Gasteiger partial charge in [-0.2, -0.15) is 9.61 Å². The summed E-state index contributed by atoms with van der Waals surface area (Å²) in [5.41, 5.74) is 0. The molecule has 2 aromatic rings. The first kappa shape index (κ1) is 12.9. The van der Waals surface area contributed by atoms with Crippen molar-refractivity contribution in [2.45, 2.75) is 39.5 Å². The van der Waals surface area contributed by atoms with Crippen LogP contribution >= 0.6 is 11.3 Å². The minimum atomic E-state index is -0.808. The highest BCUT2D eigenvalue weighted by atomic mass is 32.1. The molecule has 6 nitrogen and oxygen atoms in total. The van der Waals surface area contributed by atoms with Gasteiger partial charge in [0.2, 0.25) is 4.96 Å². The zero-order valence-corrected chi connectivity index (χ0v) is 11.6. The summed E-state index contributed by atoms with van der Waals surface area (Å²) in [6, 6.07) is 0. The minimum absolute atomic E-state index is 0.130. The Morgan fingerprint density at radius 1 is 1.28 bits per heavy atom. The van der Waals surface area contributed by atoms with Gasteiger partial charge in [-0.1, -0.05) is 39.0 Å². The van der Waals surface area contributed by atoms with E-state index in [9.17, 15) is 4.79 Å². The average molecular weight is 268 g/mol. The van der Waals surface area contributed by atoms with Crippen molar-refractivity contribution in [3.8, 4) is 0 Å². The predicted molar refractivity (Wildman–Crippen MR) is 68.0 cm³/mol. The Morgan fingerprint density at radius 2 is 1.94 bits per heavy atom. The highest BCUT2D eigenvalue weighted by Gasteiger charge is 2.25. The fourth-order valence-electron chi connectivity index (χ4n) is 1.62. The van der Waals surface area contributed by atoms with E-state index < -0.39 is 11.9 Å². The molecule has 0 saturated carbocycles. The molecule has 0 aromatic carbocycles.